The Morgan fingerprint density at radius 1 is 1.32 bits per heavy atom. The van der Waals surface area contributed by atoms with Crippen molar-refractivity contribution in [2.75, 3.05) is 6.61 Å². The monoisotopic (exact) mass is 358 g/mol. The van der Waals surface area contributed by atoms with E-state index >= 15 is 0 Å². The molecule has 1 amide bonds. The molecular weight excluding hydrogens is 340 g/mol. The number of carbonyl (C=O) groups excluding carboxylic acids is 2. The maximum absolute atomic E-state index is 12.6. The molecule has 0 aromatic carbocycles. The van der Waals surface area contributed by atoms with Gasteiger partial charge in [0.15, 0.2) is 6.61 Å². The summed E-state index contributed by atoms with van der Waals surface area (Å²) in [6.45, 7) is -0.284. The van der Waals surface area contributed by atoms with Crippen molar-refractivity contribution in [3.63, 3.8) is 0 Å². The van der Waals surface area contributed by atoms with E-state index < -0.39 is 0 Å². The summed E-state index contributed by atoms with van der Waals surface area (Å²) in [5.74, 6) is 0.0165. The number of hydrogen-bond acceptors (Lipinski definition) is 6. The first-order valence-electron chi connectivity index (χ1n) is 8.36. The van der Waals surface area contributed by atoms with Gasteiger partial charge < -0.3 is 9.15 Å². The number of ether oxygens (including phenoxy) is 1. The predicted octanol–water partition coefficient (Wildman–Crippen LogP) is 3.36. The van der Waals surface area contributed by atoms with Crippen molar-refractivity contribution in [1.82, 2.24) is 5.01 Å². The highest BCUT2D eigenvalue weighted by atomic mass is 32.1. The SMILES string of the molecule is O=C(OCC(=O)N1N=C(c2cccs2)C[C@H]1c1ccco1)C1CCC1. The third-order valence-electron chi connectivity index (χ3n) is 4.62. The molecule has 3 heterocycles. The number of hydrazone groups is 1. The fraction of sp³-hybridized carbons (Fsp3) is 0.389. The molecule has 2 aliphatic rings. The average Bonchev–Trinajstić information content (AvgIpc) is 3.30. The van der Waals surface area contributed by atoms with Crippen LogP contribution in [0, 0.1) is 5.92 Å². The first kappa shape index (κ1) is 16.1. The van der Waals surface area contributed by atoms with Crippen molar-refractivity contribution in [2.24, 2.45) is 11.0 Å². The van der Waals surface area contributed by atoms with Gasteiger partial charge in [0, 0.05) is 6.42 Å². The molecule has 0 N–H and O–H groups in total. The van der Waals surface area contributed by atoms with E-state index in [1.165, 1.54) is 5.01 Å². The van der Waals surface area contributed by atoms with Crippen LogP contribution in [-0.4, -0.2) is 29.2 Å². The van der Waals surface area contributed by atoms with Gasteiger partial charge in [-0.25, -0.2) is 5.01 Å². The van der Waals surface area contributed by atoms with Crippen molar-refractivity contribution in [3.05, 3.63) is 46.5 Å². The Morgan fingerprint density at radius 2 is 2.20 bits per heavy atom. The highest BCUT2D eigenvalue weighted by Crippen LogP contribution is 2.34. The smallest absolute Gasteiger partial charge is 0.309 e. The fourth-order valence-electron chi connectivity index (χ4n) is 3.00. The molecule has 0 saturated heterocycles. The molecular formula is C18H18N2O4S. The largest absolute Gasteiger partial charge is 0.467 e. The molecule has 25 heavy (non-hydrogen) atoms. The summed E-state index contributed by atoms with van der Waals surface area (Å²) in [6.07, 6.45) is 4.92. The highest BCUT2D eigenvalue weighted by Gasteiger charge is 2.36. The normalized spacial score (nSPS) is 20.2. The molecule has 1 aliphatic carbocycles. The van der Waals surface area contributed by atoms with E-state index in [2.05, 4.69) is 5.10 Å². The number of amides is 1. The molecule has 0 bridgehead atoms. The summed E-state index contributed by atoms with van der Waals surface area (Å²) in [5, 5.41) is 7.85. The van der Waals surface area contributed by atoms with Gasteiger partial charge in [-0.1, -0.05) is 12.5 Å². The van der Waals surface area contributed by atoms with E-state index in [9.17, 15) is 9.59 Å². The van der Waals surface area contributed by atoms with Crippen LogP contribution in [0.25, 0.3) is 0 Å². The van der Waals surface area contributed by atoms with Crippen LogP contribution in [0.3, 0.4) is 0 Å². The molecule has 1 saturated carbocycles. The summed E-state index contributed by atoms with van der Waals surface area (Å²) in [4.78, 5) is 25.5. The van der Waals surface area contributed by atoms with Gasteiger partial charge in [0.1, 0.15) is 11.8 Å². The third-order valence-corrected chi connectivity index (χ3v) is 5.54. The molecule has 2 aromatic rings. The summed E-state index contributed by atoms with van der Waals surface area (Å²) in [7, 11) is 0. The Bertz CT molecular complexity index is 778. The minimum atomic E-state index is -0.333. The lowest BCUT2D eigenvalue weighted by Crippen LogP contribution is -2.33. The van der Waals surface area contributed by atoms with E-state index in [0.717, 1.165) is 29.9 Å². The van der Waals surface area contributed by atoms with Gasteiger partial charge in [0.05, 0.1) is 22.8 Å². The number of carbonyl (C=O) groups is 2. The van der Waals surface area contributed by atoms with E-state index in [4.69, 9.17) is 9.15 Å². The standard InChI is InChI=1S/C18H18N2O4S/c21-17(11-24-18(22)12-4-1-5-12)20-14(15-6-2-8-23-15)10-13(19-20)16-7-3-9-25-16/h2-3,6-9,12,14H,1,4-5,10-11H2/t14-/m0/s1. The molecule has 130 valence electrons. The lowest BCUT2D eigenvalue weighted by Gasteiger charge is -2.24. The Kier molecular flexibility index (Phi) is 4.40. The first-order chi connectivity index (χ1) is 12.2. The third kappa shape index (κ3) is 3.24. The van der Waals surface area contributed by atoms with Gasteiger partial charge in [0.25, 0.3) is 5.91 Å². The van der Waals surface area contributed by atoms with Gasteiger partial charge in [-0.3, -0.25) is 9.59 Å². The second kappa shape index (κ2) is 6.84. The van der Waals surface area contributed by atoms with Crippen LogP contribution in [0.4, 0.5) is 0 Å². The number of nitrogens with zero attached hydrogens (tertiary/aromatic N) is 2. The van der Waals surface area contributed by atoms with E-state index in [1.54, 1.807) is 23.7 Å². The Hall–Kier alpha value is -2.41. The average molecular weight is 358 g/mol. The molecule has 0 unspecified atom stereocenters. The zero-order chi connectivity index (χ0) is 17.2. The van der Waals surface area contributed by atoms with Gasteiger partial charge in [-0.05, 0) is 36.4 Å². The zero-order valence-electron chi connectivity index (χ0n) is 13.6. The van der Waals surface area contributed by atoms with Crippen LogP contribution in [0.2, 0.25) is 0 Å². The molecule has 0 spiro atoms. The van der Waals surface area contributed by atoms with E-state index in [1.807, 2.05) is 23.6 Å². The Labute approximate surface area is 149 Å². The lowest BCUT2D eigenvalue weighted by atomic mass is 9.86. The number of rotatable bonds is 5. The van der Waals surface area contributed by atoms with Gasteiger partial charge in [-0.2, -0.15) is 5.10 Å². The van der Waals surface area contributed by atoms with Crippen LogP contribution >= 0.6 is 11.3 Å². The minimum absolute atomic E-state index is 0.0440. The van der Waals surface area contributed by atoms with Crippen molar-refractivity contribution < 1.29 is 18.7 Å². The van der Waals surface area contributed by atoms with Crippen molar-refractivity contribution >= 4 is 28.9 Å². The van der Waals surface area contributed by atoms with Crippen molar-refractivity contribution in [2.45, 2.75) is 31.7 Å². The molecule has 2 aromatic heterocycles. The first-order valence-corrected chi connectivity index (χ1v) is 9.24. The summed E-state index contributed by atoms with van der Waals surface area (Å²) in [5.41, 5.74) is 0.843. The van der Waals surface area contributed by atoms with Crippen LogP contribution in [0.1, 0.15) is 42.4 Å². The number of hydrogen-bond donors (Lipinski definition) is 0. The van der Waals surface area contributed by atoms with Gasteiger partial charge >= 0.3 is 5.97 Å². The molecule has 1 fully saturated rings. The Morgan fingerprint density at radius 3 is 2.84 bits per heavy atom. The van der Waals surface area contributed by atoms with Crippen LogP contribution in [-0.2, 0) is 14.3 Å². The maximum Gasteiger partial charge on any atom is 0.309 e. The quantitative estimate of drug-likeness (QED) is 0.768. The van der Waals surface area contributed by atoms with E-state index in [0.29, 0.717) is 12.2 Å². The highest BCUT2D eigenvalue weighted by molar-refractivity contribution is 7.12. The molecule has 4 rings (SSSR count). The Balaban J connectivity index is 1.48. The summed E-state index contributed by atoms with van der Waals surface area (Å²) < 4.78 is 10.7. The topological polar surface area (TPSA) is 72.1 Å². The zero-order valence-corrected chi connectivity index (χ0v) is 14.4. The van der Waals surface area contributed by atoms with Crippen LogP contribution in [0.5, 0.6) is 0 Å². The van der Waals surface area contributed by atoms with Gasteiger partial charge in [0.2, 0.25) is 0 Å². The van der Waals surface area contributed by atoms with Crippen molar-refractivity contribution in [1.29, 1.82) is 0 Å². The summed E-state index contributed by atoms with van der Waals surface area (Å²) in [6, 6.07) is 7.25. The second-order valence-electron chi connectivity index (χ2n) is 6.23. The van der Waals surface area contributed by atoms with E-state index in [-0.39, 0.29) is 30.4 Å². The number of thiophene rings is 1. The minimum Gasteiger partial charge on any atom is -0.467 e. The van der Waals surface area contributed by atoms with Crippen LogP contribution < -0.4 is 0 Å². The molecule has 7 heteroatoms. The number of esters is 1. The fourth-order valence-corrected chi connectivity index (χ4v) is 3.72. The molecule has 1 aliphatic heterocycles. The molecule has 0 radical (unpaired) electrons. The maximum atomic E-state index is 12.6. The second-order valence-corrected chi connectivity index (χ2v) is 7.18. The lowest BCUT2D eigenvalue weighted by molar-refractivity contribution is -0.158. The van der Waals surface area contributed by atoms with Gasteiger partial charge in [-0.15, -0.1) is 11.3 Å². The number of furan rings is 1. The summed E-state index contributed by atoms with van der Waals surface area (Å²) >= 11 is 1.58. The van der Waals surface area contributed by atoms with Crippen LogP contribution in [0.15, 0.2) is 45.4 Å². The molecule has 1 atom stereocenters. The predicted molar refractivity (Wildman–Crippen MR) is 92.1 cm³/mol. The molecule has 6 nitrogen and oxygen atoms in total. The van der Waals surface area contributed by atoms with Crippen molar-refractivity contribution in [3.8, 4) is 0 Å².